The van der Waals surface area contributed by atoms with Gasteiger partial charge in [-0.05, 0) is 43.9 Å². The van der Waals surface area contributed by atoms with Gasteiger partial charge < -0.3 is 4.90 Å². The highest BCUT2D eigenvalue weighted by Crippen LogP contribution is 2.39. The molecule has 2 saturated heterocycles. The molecule has 0 saturated carbocycles. The summed E-state index contributed by atoms with van der Waals surface area (Å²) < 4.78 is 38.6. The van der Waals surface area contributed by atoms with E-state index in [2.05, 4.69) is 4.90 Å². The smallest absolute Gasteiger partial charge is 0.344 e. The highest BCUT2D eigenvalue weighted by molar-refractivity contribution is 5.87. The zero-order valence-corrected chi connectivity index (χ0v) is 13.2. The number of amides is 1. The first-order valence-corrected chi connectivity index (χ1v) is 8.00. The standard InChI is InChI=1S/C17H21F3N2O/c1-21-9-3-7-16(15(21)23)8-4-10-22(16)12-13-5-2-6-14(11-13)17(18,19)20/h2,5-6,11H,3-4,7-10,12H2,1H3. The number of rotatable bonds is 2. The highest BCUT2D eigenvalue weighted by atomic mass is 19.4. The molecule has 1 atom stereocenters. The summed E-state index contributed by atoms with van der Waals surface area (Å²) in [5, 5.41) is 0. The zero-order chi connectivity index (χ0) is 16.7. The van der Waals surface area contributed by atoms with Crippen LogP contribution in [-0.2, 0) is 17.5 Å². The molecule has 0 aliphatic carbocycles. The van der Waals surface area contributed by atoms with Crippen LogP contribution < -0.4 is 0 Å². The molecule has 3 rings (SSSR count). The van der Waals surface area contributed by atoms with Crippen LogP contribution in [0.4, 0.5) is 13.2 Å². The van der Waals surface area contributed by atoms with Crippen molar-refractivity contribution in [3.63, 3.8) is 0 Å². The number of benzene rings is 1. The predicted octanol–water partition coefficient (Wildman–Crippen LogP) is 3.29. The van der Waals surface area contributed by atoms with Crippen LogP contribution in [-0.4, -0.2) is 41.4 Å². The summed E-state index contributed by atoms with van der Waals surface area (Å²) in [5.74, 6) is 0.119. The van der Waals surface area contributed by atoms with Gasteiger partial charge >= 0.3 is 6.18 Å². The molecule has 2 aliphatic heterocycles. The second-order valence-corrected chi connectivity index (χ2v) is 6.59. The fourth-order valence-electron chi connectivity index (χ4n) is 3.93. The van der Waals surface area contributed by atoms with Crippen molar-refractivity contribution in [1.82, 2.24) is 9.80 Å². The molecule has 126 valence electrons. The largest absolute Gasteiger partial charge is 0.416 e. The first-order valence-electron chi connectivity index (χ1n) is 8.00. The van der Waals surface area contributed by atoms with Gasteiger partial charge in [0.2, 0.25) is 5.91 Å². The fraction of sp³-hybridized carbons (Fsp3) is 0.588. The molecular weight excluding hydrogens is 305 g/mol. The van der Waals surface area contributed by atoms with E-state index in [0.717, 1.165) is 44.8 Å². The van der Waals surface area contributed by atoms with Crippen molar-refractivity contribution >= 4 is 5.91 Å². The highest BCUT2D eigenvalue weighted by Gasteiger charge is 2.49. The van der Waals surface area contributed by atoms with Gasteiger partial charge in [0, 0.05) is 20.1 Å². The maximum Gasteiger partial charge on any atom is 0.416 e. The fourth-order valence-corrected chi connectivity index (χ4v) is 3.93. The SMILES string of the molecule is CN1CCCC2(CCCN2Cc2cccc(C(F)(F)F)c2)C1=O. The lowest BCUT2D eigenvalue weighted by molar-refractivity contribution is -0.146. The molecule has 3 nitrogen and oxygen atoms in total. The Morgan fingerprint density at radius 3 is 2.57 bits per heavy atom. The topological polar surface area (TPSA) is 23.6 Å². The van der Waals surface area contributed by atoms with Crippen LogP contribution in [0.5, 0.6) is 0 Å². The van der Waals surface area contributed by atoms with E-state index in [1.807, 2.05) is 7.05 Å². The number of alkyl halides is 3. The average molecular weight is 326 g/mol. The monoisotopic (exact) mass is 326 g/mol. The van der Waals surface area contributed by atoms with E-state index in [1.54, 1.807) is 11.0 Å². The van der Waals surface area contributed by atoms with Crippen molar-refractivity contribution in [2.75, 3.05) is 20.1 Å². The summed E-state index contributed by atoms with van der Waals surface area (Å²) in [6.45, 7) is 1.91. The molecule has 1 amide bonds. The minimum Gasteiger partial charge on any atom is -0.344 e. The number of nitrogens with zero attached hydrogens (tertiary/aromatic N) is 2. The summed E-state index contributed by atoms with van der Waals surface area (Å²) in [4.78, 5) is 16.5. The Bertz CT molecular complexity index is 602. The van der Waals surface area contributed by atoms with E-state index in [0.29, 0.717) is 12.1 Å². The summed E-state index contributed by atoms with van der Waals surface area (Å²) in [6, 6.07) is 5.43. The Labute approximate surface area is 134 Å². The van der Waals surface area contributed by atoms with Gasteiger partial charge in [0.15, 0.2) is 0 Å². The third-order valence-electron chi connectivity index (χ3n) is 5.08. The molecule has 1 aromatic rings. The number of hydrogen-bond acceptors (Lipinski definition) is 2. The molecule has 0 aromatic heterocycles. The van der Waals surface area contributed by atoms with E-state index < -0.39 is 17.3 Å². The molecule has 2 fully saturated rings. The Hall–Kier alpha value is -1.56. The van der Waals surface area contributed by atoms with E-state index in [4.69, 9.17) is 0 Å². The van der Waals surface area contributed by atoms with E-state index in [-0.39, 0.29) is 5.91 Å². The maximum atomic E-state index is 12.9. The van der Waals surface area contributed by atoms with Crippen LogP contribution in [0.25, 0.3) is 0 Å². The quantitative estimate of drug-likeness (QED) is 0.833. The first kappa shape index (κ1) is 16.3. The number of likely N-dealkylation sites (N-methyl/N-ethyl adjacent to an activating group) is 1. The van der Waals surface area contributed by atoms with E-state index in [1.165, 1.54) is 12.1 Å². The number of carbonyl (C=O) groups is 1. The predicted molar refractivity (Wildman–Crippen MR) is 80.7 cm³/mol. The summed E-state index contributed by atoms with van der Waals surface area (Å²) in [7, 11) is 1.81. The van der Waals surface area contributed by atoms with Crippen molar-refractivity contribution in [3.8, 4) is 0 Å². The minimum atomic E-state index is -4.33. The van der Waals surface area contributed by atoms with Gasteiger partial charge in [0.25, 0.3) is 0 Å². The number of carbonyl (C=O) groups excluding carboxylic acids is 1. The molecule has 23 heavy (non-hydrogen) atoms. The van der Waals surface area contributed by atoms with Crippen LogP contribution in [0.1, 0.15) is 36.8 Å². The van der Waals surface area contributed by atoms with E-state index >= 15 is 0 Å². The van der Waals surface area contributed by atoms with Crippen LogP contribution in [0, 0.1) is 0 Å². The van der Waals surface area contributed by atoms with Gasteiger partial charge in [-0.15, -0.1) is 0 Å². The lowest BCUT2D eigenvalue weighted by Crippen LogP contribution is -2.58. The van der Waals surface area contributed by atoms with Crippen LogP contribution in [0.15, 0.2) is 24.3 Å². The minimum absolute atomic E-state index is 0.119. The maximum absolute atomic E-state index is 12.9. The van der Waals surface area contributed by atoms with Crippen molar-refractivity contribution in [2.24, 2.45) is 0 Å². The van der Waals surface area contributed by atoms with Crippen LogP contribution >= 0.6 is 0 Å². The molecule has 0 radical (unpaired) electrons. The lowest BCUT2D eigenvalue weighted by Gasteiger charge is -2.43. The number of hydrogen-bond donors (Lipinski definition) is 0. The van der Waals surface area contributed by atoms with Crippen molar-refractivity contribution in [3.05, 3.63) is 35.4 Å². The molecule has 2 heterocycles. The summed E-state index contributed by atoms with van der Waals surface area (Å²) in [5.41, 5.74) is -0.529. The zero-order valence-electron chi connectivity index (χ0n) is 13.2. The molecular formula is C17H21F3N2O. The Morgan fingerprint density at radius 1 is 1.17 bits per heavy atom. The van der Waals surface area contributed by atoms with Gasteiger partial charge in [-0.2, -0.15) is 13.2 Å². The van der Waals surface area contributed by atoms with Crippen molar-refractivity contribution < 1.29 is 18.0 Å². The van der Waals surface area contributed by atoms with Gasteiger partial charge in [0.05, 0.1) is 5.56 Å². The van der Waals surface area contributed by atoms with Gasteiger partial charge in [-0.25, -0.2) is 0 Å². The van der Waals surface area contributed by atoms with Crippen molar-refractivity contribution in [1.29, 1.82) is 0 Å². The van der Waals surface area contributed by atoms with Gasteiger partial charge in [-0.3, -0.25) is 9.69 Å². The Kier molecular flexibility index (Phi) is 4.12. The summed E-state index contributed by atoms with van der Waals surface area (Å²) >= 11 is 0. The van der Waals surface area contributed by atoms with Crippen LogP contribution in [0.2, 0.25) is 0 Å². The number of piperidine rings is 1. The molecule has 1 aromatic carbocycles. The van der Waals surface area contributed by atoms with Gasteiger partial charge in [0.1, 0.15) is 5.54 Å². The number of likely N-dealkylation sites (tertiary alicyclic amines) is 2. The average Bonchev–Trinajstić information content (AvgIpc) is 2.88. The second kappa shape index (κ2) is 5.82. The molecule has 1 unspecified atom stereocenters. The summed E-state index contributed by atoms with van der Waals surface area (Å²) in [6.07, 6.45) is -0.871. The Morgan fingerprint density at radius 2 is 1.87 bits per heavy atom. The molecule has 0 N–H and O–H groups in total. The molecule has 6 heteroatoms. The third kappa shape index (κ3) is 2.96. The third-order valence-corrected chi connectivity index (χ3v) is 5.08. The van der Waals surface area contributed by atoms with Crippen molar-refractivity contribution in [2.45, 2.75) is 43.9 Å². The first-order chi connectivity index (χ1) is 10.8. The Balaban J connectivity index is 1.83. The van der Waals surface area contributed by atoms with Crippen LogP contribution in [0.3, 0.4) is 0 Å². The molecule has 2 aliphatic rings. The molecule has 1 spiro atoms. The van der Waals surface area contributed by atoms with Gasteiger partial charge in [-0.1, -0.05) is 18.2 Å². The molecule has 0 bridgehead atoms. The lowest BCUT2D eigenvalue weighted by atomic mass is 9.85. The normalized spacial score (nSPS) is 26.3. The van der Waals surface area contributed by atoms with E-state index in [9.17, 15) is 18.0 Å². The number of halogens is 3. The second-order valence-electron chi connectivity index (χ2n) is 6.59.